The molecule has 0 heterocycles. The highest BCUT2D eigenvalue weighted by molar-refractivity contribution is 4.71. The van der Waals surface area contributed by atoms with Crippen molar-refractivity contribution in [2.75, 3.05) is 262 Å². The molecule has 0 atom stereocenters. The molecule has 0 aromatic rings. The summed E-state index contributed by atoms with van der Waals surface area (Å²) in [5, 5.41) is 35.5. The third kappa shape index (κ3) is 43.1. The van der Waals surface area contributed by atoms with Gasteiger partial charge in [-0.05, 0) is 13.1 Å². The summed E-state index contributed by atoms with van der Waals surface area (Å²) in [6, 6.07) is 0. The number of hydrogen-bond acceptors (Lipinski definition) is 20. The van der Waals surface area contributed by atoms with Crippen LogP contribution in [0.4, 0.5) is 0 Å². The van der Waals surface area contributed by atoms with Crippen LogP contribution < -0.4 is 81.8 Å². The Hall–Kier alpha value is -0.800. The second kappa shape index (κ2) is 51.2. The molecule has 0 aromatic heterocycles. The van der Waals surface area contributed by atoms with Crippen LogP contribution >= 0.6 is 0 Å². The molecule has 0 aliphatic heterocycles. The van der Waals surface area contributed by atoms with Crippen molar-refractivity contribution in [1.29, 1.82) is 0 Å². The van der Waals surface area contributed by atoms with Gasteiger partial charge in [-0.1, -0.05) is 13.8 Å². The molecular formula is C42H106N20. The topological polar surface area (TPSA) is 267 Å². The van der Waals surface area contributed by atoms with E-state index < -0.39 is 0 Å². The van der Waals surface area contributed by atoms with Crippen molar-refractivity contribution in [2.24, 2.45) is 28.7 Å². The van der Waals surface area contributed by atoms with Gasteiger partial charge in [-0.2, -0.15) is 0 Å². The van der Waals surface area contributed by atoms with E-state index in [9.17, 15) is 0 Å². The average Bonchev–Trinajstić information content (AvgIpc) is 3.28. The Balaban J connectivity index is 4.93. The molecule has 0 spiro atoms. The number of nitrogens with one attached hydrogen (secondary N) is 10. The molecule has 0 saturated carbocycles. The summed E-state index contributed by atoms with van der Waals surface area (Å²) in [4.78, 5) is 12.8. The zero-order valence-electron chi connectivity index (χ0n) is 40.4. The highest BCUT2D eigenvalue weighted by Gasteiger charge is 2.11. The van der Waals surface area contributed by atoms with Crippen LogP contribution in [-0.2, 0) is 0 Å². The summed E-state index contributed by atoms with van der Waals surface area (Å²) in [5.41, 5.74) is 28.6. The van der Waals surface area contributed by atoms with Crippen molar-refractivity contribution in [1.82, 2.24) is 77.7 Å². The molecular weight excluding hydrogens is 785 g/mol. The lowest BCUT2D eigenvalue weighted by Crippen LogP contribution is -2.46. The van der Waals surface area contributed by atoms with E-state index in [2.05, 4.69) is 91.5 Å². The molecule has 20 heteroatoms. The van der Waals surface area contributed by atoms with Gasteiger partial charge in [0, 0.05) is 249 Å². The predicted molar refractivity (Wildman–Crippen MR) is 268 cm³/mol. The Morgan fingerprint density at radius 2 is 0.355 bits per heavy atom. The Bertz CT molecular complexity index is 839. The fourth-order valence-electron chi connectivity index (χ4n) is 6.91. The van der Waals surface area contributed by atoms with E-state index in [-0.39, 0.29) is 0 Å². The molecule has 0 saturated heterocycles. The number of hydrogen-bond donors (Lipinski definition) is 15. The lowest BCUT2D eigenvalue weighted by Gasteiger charge is -2.28. The van der Waals surface area contributed by atoms with Gasteiger partial charge in [0.2, 0.25) is 0 Å². The van der Waals surface area contributed by atoms with Crippen LogP contribution in [-0.4, -0.2) is 286 Å². The third-order valence-electron chi connectivity index (χ3n) is 10.7. The fraction of sp³-hybridized carbons (Fsp3) is 1.00. The van der Waals surface area contributed by atoms with Gasteiger partial charge in [0.1, 0.15) is 0 Å². The smallest absolute Gasteiger partial charge is 0.0110 e. The summed E-state index contributed by atoms with van der Waals surface area (Å²) < 4.78 is 0. The summed E-state index contributed by atoms with van der Waals surface area (Å²) in [5.74, 6) is 0. The lowest BCUT2D eigenvalue weighted by atomic mass is 10.3. The molecule has 374 valence electrons. The normalized spacial score (nSPS) is 12.2. The minimum Gasteiger partial charge on any atom is -0.329 e. The Kier molecular flexibility index (Phi) is 50.5. The highest BCUT2D eigenvalue weighted by atomic mass is 15.2. The van der Waals surface area contributed by atoms with E-state index >= 15 is 0 Å². The minimum atomic E-state index is 0.663. The second-order valence-electron chi connectivity index (χ2n) is 15.9. The summed E-state index contributed by atoms with van der Waals surface area (Å²) in [7, 11) is 0. The first kappa shape index (κ1) is 61.2. The zero-order chi connectivity index (χ0) is 45.2. The molecule has 0 aliphatic rings. The Morgan fingerprint density at radius 3 is 0.516 bits per heavy atom. The first-order valence-corrected chi connectivity index (χ1v) is 24.8. The maximum absolute atomic E-state index is 5.76. The van der Waals surface area contributed by atoms with Gasteiger partial charge in [0.25, 0.3) is 0 Å². The molecule has 20 nitrogen and oxygen atoms in total. The van der Waals surface area contributed by atoms with Crippen molar-refractivity contribution in [3.8, 4) is 0 Å². The monoisotopic (exact) mass is 891 g/mol. The SMILES string of the molecule is CCNCCN(CCNCCN)CCNCCN(CCNCCN)CCNCCN(CCNCCN)CCNCCN(CCNCCN)CCN(CCNCC)CCNCCN. The highest BCUT2D eigenvalue weighted by Crippen LogP contribution is 1.94. The van der Waals surface area contributed by atoms with E-state index in [4.69, 9.17) is 28.7 Å². The molecule has 0 fully saturated rings. The first-order valence-electron chi connectivity index (χ1n) is 24.8. The Morgan fingerprint density at radius 1 is 0.210 bits per heavy atom. The first-order chi connectivity index (χ1) is 30.6. The van der Waals surface area contributed by atoms with Crippen LogP contribution in [0.25, 0.3) is 0 Å². The minimum absolute atomic E-state index is 0.663. The average molecular weight is 891 g/mol. The van der Waals surface area contributed by atoms with Crippen LogP contribution in [0.15, 0.2) is 0 Å². The molecule has 20 N–H and O–H groups in total. The zero-order valence-corrected chi connectivity index (χ0v) is 40.4. The third-order valence-corrected chi connectivity index (χ3v) is 10.7. The van der Waals surface area contributed by atoms with Gasteiger partial charge in [0.05, 0.1) is 0 Å². The van der Waals surface area contributed by atoms with Crippen LogP contribution in [0.5, 0.6) is 0 Å². The molecule has 0 unspecified atom stereocenters. The summed E-state index contributed by atoms with van der Waals surface area (Å²) in [6.45, 7) is 42.1. The van der Waals surface area contributed by atoms with E-state index in [1.165, 1.54) is 0 Å². The van der Waals surface area contributed by atoms with Crippen molar-refractivity contribution in [3.05, 3.63) is 0 Å². The van der Waals surface area contributed by atoms with Gasteiger partial charge in [-0.15, -0.1) is 0 Å². The summed E-state index contributed by atoms with van der Waals surface area (Å²) >= 11 is 0. The summed E-state index contributed by atoms with van der Waals surface area (Å²) in [6.07, 6.45) is 0. The molecule has 62 heavy (non-hydrogen) atoms. The van der Waals surface area contributed by atoms with Crippen molar-refractivity contribution >= 4 is 0 Å². The number of nitrogens with two attached hydrogens (primary N) is 5. The van der Waals surface area contributed by atoms with E-state index in [1.54, 1.807) is 0 Å². The molecule has 0 rings (SSSR count). The van der Waals surface area contributed by atoms with Gasteiger partial charge >= 0.3 is 0 Å². The van der Waals surface area contributed by atoms with Crippen molar-refractivity contribution in [2.45, 2.75) is 13.8 Å². The Labute approximate surface area is 381 Å². The van der Waals surface area contributed by atoms with Gasteiger partial charge < -0.3 is 81.8 Å². The van der Waals surface area contributed by atoms with Crippen LogP contribution in [0.1, 0.15) is 13.8 Å². The fourth-order valence-corrected chi connectivity index (χ4v) is 6.91. The van der Waals surface area contributed by atoms with Crippen molar-refractivity contribution < 1.29 is 0 Å². The maximum Gasteiger partial charge on any atom is 0.0110 e. The van der Waals surface area contributed by atoms with Crippen LogP contribution in [0, 0.1) is 0 Å². The quantitative estimate of drug-likeness (QED) is 0.0253. The number of rotatable bonds is 54. The molecule has 0 aromatic carbocycles. The van der Waals surface area contributed by atoms with E-state index in [0.717, 1.165) is 229 Å². The van der Waals surface area contributed by atoms with Gasteiger partial charge in [0.15, 0.2) is 0 Å². The second-order valence-corrected chi connectivity index (χ2v) is 15.9. The van der Waals surface area contributed by atoms with Crippen LogP contribution in [0.2, 0.25) is 0 Å². The van der Waals surface area contributed by atoms with Crippen LogP contribution in [0.3, 0.4) is 0 Å². The number of nitrogens with zero attached hydrogens (tertiary/aromatic N) is 5. The standard InChI is InChI=1S/C42H106N20/c1-3-48-15-28-58(30-17-50-10-5-43)33-22-55-23-34-59(31-18-51-11-6-44)35-24-56-25-36-60(32-19-52-12-7-45)37-26-57-27-40-62(39-21-54-14-9-47)42-41-61(29-16-49-4-2)38-20-53-13-8-46/h48-57H,3-47H2,1-2H3. The van der Waals surface area contributed by atoms with Gasteiger partial charge in [-0.3, -0.25) is 24.5 Å². The lowest BCUT2D eigenvalue weighted by molar-refractivity contribution is 0.202. The molecule has 0 radical (unpaired) electrons. The molecule has 0 amide bonds. The van der Waals surface area contributed by atoms with Gasteiger partial charge in [-0.25, -0.2) is 0 Å². The van der Waals surface area contributed by atoms with E-state index in [0.29, 0.717) is 32.7 Å². The predicted octanol–water partition coefficient (Wildman–Crippen LogP) is -6.77. The van der Waals surface area contributed by atoms with E-state index in [1.807, 2.05) is 0 Å². The molecule has 0 bridgehead atoms. The number of likely N-dealkylation sites (N-methyl/N-ethyl adjacent to an activating group) is 2. The largest absolute Gasteiger partial charge is 0.329 e. The molecule has 0 aliphatic carbocycles. The maximum atomic E-state index is 5.76. The van der Waals surface area contributed by atoms with Crippen molar-refractivity contribution in [3.63, 3.8) is 0 Å².